The van der Waals surface area contributed by atoms with Crippen LogP contribution in [0.25, 0.3) is 0 Å². The molecule has 0 aliphatic rings. The Balaban J connectivity index is 2.88. The summed E-state index contributed by atoms with van der Waals surface area (Å²) in [5, 5.41) is 0.862. The number of hydrogen-bond acceptors (Lipinski definition) is 2. The standard InChI is InChI=1S/C14H19BrO2/c1-10-5-6-13(12(7-10)11(2)16)17-9-14(3,4)8-15/h5-7H,8-9H2,1-4H3. The van der Waals surface area contributed by atoms with Crippen LogP contribution in [0.4, 0.5) is 0 Å². The van der Waals surface area contributed by atoms with Gasteiger partial charge in [-0.3, -0.25) is 4.79 Å². The summed E-state index contributed by atoms with van der Waals surface area (Å²) in [6.45, 7) is 8.35. The summed E-state index contributed by atoms with van der Waals surface area (Å²) in [4.78, 5) is 11.5. The van der Waals surface area contributed by atoms with E-state index < -0.39 is 0 Å². The highest BCUT2D eigenvalue weighted by atomic mass is 79.9. The summed E-state index contributed by atoms with van der Waals surface area (Å²) >= 11 is 3.46. The first-order valence-corrected chi connectivity index (χ1v) is 6.78. The molecule has 94 valence electrons. The Morgan fingerprint density at radius 3 is 2.59 bits per heavy atom. The van der Waals surface area contributed by atoms with Gasteiger partial charge < -0.3 is 4.74 Å². The summed E-state index contributed by atoms with van der Waals surface area (Å²) in [7, 11) is 0. The van der Waals surface area contributed by atoms with Crippen LogP contribution in [0.5, 0.6) is 5.75 Å². The summed E-state index contributed by atoms with van der Waals surface area (Å²) in [6.07, 6.45) is 0. The lowest BCUT2D eigenvalue weighted by atomic mass is 9.98. The highest BCUT2D eigenvalue weighted by molar-refractivity contribution is 9.09. The van der Waals surface area contributed by atoms with E-state index in [9.17, 15) is 4.79 Å². The van der Waals surface area contributed by atoms with Gasteiger partial charge in [0.15, 0.2) is 5.78 Å². The molecule has 17 heavy (non-hydrogen) atoms. The molecular weight excluding hydrogens is 280 g/mol. The maximum atomic E-state index is 11.5. The van der Waals surface area contributed by atoms with Gasteiger partial charge in [0, 0.05) is 10.7 Å². The zero-order valence-corrected chi connectivity index (χ0v) is 12.4. The van der Waals surface area contributed by atoms with Crippen LogP contribution in [-0.4, -0.2) is 17.7 Å². The molecule has 0 saturated carbocycles. The number of ether oxygens (including phenoxy) is 1. The molecule has 0 aliphatic carbocycles. The Morgan fingerprint density at radius 2 is 2.06 bits per heavy atom. The van der Waals surface area contributed by atoms with Crippen LogP contribution in [-0.2, 0) is 0 Å². The number of ketones is 1. The van der Waals surface area contributed by atoms with Crippen molar-refractivity contribution >= 4 is 21.7 Å². The summed E-state index contributed by atoms with van der Waals surface area (Å²) in [5.74, 6) is 0.720. The molecule has 1 aromatic rings. The van der Waals surface area contributed by atoms with E-state index in [4.69, 9.17) is 4.74 Å². The van der Waals surface area contributed by atoms with E-state index in [0.717, 1.165) is 10.9 Å². The number of Topliss-reactive ketones (excluding diaryl/α,β-unsaturated/α-hetero) is 1. The predicted molar refractivity (Wildman–Crippen MR) is 74.3 cm³/mol. The molecule has 0 N–H and O–H groups in total. The minimum absolute atomic E-state index is 0.0420. The van der Waals surface area contributed by atoms with Crippen molar-refractivity contribution in [3.8, 4) is 5.75 Å². The van der Waals surface area contributed by atoms with E-state index in [1.165, 1.54) is 0 Å². The van der Waals surface area contributed by atoms with Gasteiger partial charge in [-0.25, -0.2) is 0 Å². The summed E-state index contributed by atoms with van der Waals surface area (Å²) in [5.41, 5.74) is 1.79. The number of carbonyl (C=O) groups is 1. The average molecular weight is 299 g/mol. The van der Waals surface area contributed by atoms with Gasteiger partial charge in [0.1, 0.15) is 5.75 Å². The second-order valence-electron chi connectivity index (χ2n) is 5.14. The normalized spacial score (nSPS) is 11.4. The number of aryl methyl sites for hydroxylation is 1. The third kappa shape index (κ3) is 4.15. The summed E-state index contributed by atoms with van der Waals surface area (Å²) < 4.78 is 5.76. The van der Waals surface area contributed by atoms with Crippen LogP contribution < -0.4 is 4.74 Å². The van der Waals surface area contributed by atoms with Crippen molar-refractivity contribution in [2.45, 2.75) is 27.7 Å². The predicted octanol–water partition coefficient (Wildman–Crippen LogP) is 4.00. The lowest BCUT2D eigenvalue weighted by Crippen LogP contribution is -2.23. The molecule has 0 fully saturated rings. The van der Waals surface area contributed by atoms with Gasteiger partial charge in [-0.1, -0.05) is 41.4 Å². The molecular formula is C14H19BrO2. The molecule has 0 bridgehead atoms. The molecule has 1 aromatic carbocycles. The van der Waals surface area contributed by atoms with Gasteiger partial charge in [0.2, 0.25) is 0 Å². The number of halogens is 1. The fourth-order valence-corrected chi connectivity index (χ4v) is 1.52. The van der Waals surface area contributed by atoms with E-state index in [1.54, 1.807) is 6.92 Å². The number of hydrogen-bond donors (Lipinski definition) is 0. The molecule has 0 unspecified atom stereocenters. The van der Waals surface area contributed by atoms with Gasteiger partial charge >= 0.3 is 0 Å². The van der Waals surface area contributed by atoms with Crippen LogP contribution in [0.3, 0.4) is 0 Å². The van der Waals surface area contributed by atoms with Crippen LogP contribution in [0.1, 0.15) is 36.7 Å². The Hall–Kier alpha value is -0.830. The molecule has 0 aromatic heterocycles. The minimum Gasteiger partial charge on any atom is -0.492 e. The van der Waals surface area contributed by atoms with E-state index in [0.29, 0.717) is 17.9 Å². The zero-order valence-electron chi connectivity index (χ0n) is 10.8. The number of carbonyl (C=O) groups excluding carboxylic acids is 1. The molecule has 0 radical (unpaired) electrons. The number of alkyl halides is 1. The first kappa shape index (κ1) is 14.2. The Kier molecular flexibility index (Phi) is 4.75. The van der Waals surface area contributed by atoms with Crippen molar-refractivity contribution in [2.24, 2.45) is 5.41 Å². The highest BCUT2D eigenvalue weighted by Gasteiger charge is 2.18. The van der Waals surface area contributed by atoms with Crippen molar-refractivity contribution in [3.63, 3.8) is 0 Å². The second-order valence-corrected chi connectivity index (χ2v) is 5.70. The zero-order chi connectivity index (χ0) is 13.1. The van der Waals surface area contributed by atoms with E-state index in [1.807, 2.05) is 25.1 Å². The van der Waals surface area contributed by atoms with E-state index in [-0.39, 0.29) is 11.2 Å². The van der Waals surface area contributed by atoms with Gasteiger partial charge in [-0.2, -0.15) is 0 Å². The van der Waals surface area contributed by atoms with Crippen LogP contribution in [0.2, 0.25) is 0 Å². The Labute approximate surface area is 111 Å². The molecule has 3 heteroatoms. The monoisotopic (exact) mass is 298 g/mol. The fourth-order valence-electron chi connectivity index (χ4n) is 1.36. The molecule has 0 atom stereocenters. The Bertz CT molecular complexity index is 411. The first-order chi connectivity index (χ1) is 7.85. The Morgan fingerprint density at radius 1 is 1.41 bits per heavy atom. The van der Waals surface area contributed by atoms with Gasteiger partial charge in [0.05, 0.1) is 12.2 Å². The fraction of sp³-hybridized carbons (Fsp3) is 0.500. The molecule has 0 spiro atoms. The van der Waals surface area contributed by atoms with Crippen LogP contribution in [0.15, 0.2) is 18.2 Å². The molecule has 2 nitrogen and oxygen atoms in total. The lowest BCUT2D eigenvalue weighted by molar-refractivity contribution is 0.101. The van der Waals surface area contributed by atoms with Gasteiger partial charge in [-0.15, -0.1) is 0 Å². The molecule has 0 aliphatic heterocycles. The third-order valence-electron chi connectivity index (χ3n) is 2.49. The van der Waals surface area contributed by atoms with Crippen molar-refractivity contribution in [2.75, 3.05) is 11.9 Å². The second kappa shape index (κ2) is 5.67. The van der Waals surface area contributed by atoms with Crippen LogP contribution in [0, 0.1) is 12.3 Å². The van der Waals surface area contributed by atoms with E-state index >= 15 is 0 Å². The van der Waals surface area contributed by atoms with Crippen molar-refractivity contribution < 1.29 is 9.53 Å². The first-order valence-electron chi connectivity index (χ1n) is 5.66. The largest absolute Gasteiger partial charge is 0.492 e. The summed E-state index contributed by atoms with van der Waals surface area (Å²) in [6, 6.07) is 5.71. The smallest absolute Gasteiger partial charge is 0.163 e. The van der Waals surface area contributed by atoms with Gasteiger partial charge in [-0.05, 0) is 26.0 Å². The number of rotatable bonds is 5. The third-order valence-corrected chi connectivity index (χ3v) is 4.01. The molecule has 0 saturated heterocycles. The SMILES string of the molecule is CC(=O)c1cc(C)ccc1OCC(C)(C)CBr. The van der Waals surface area contributed by atoms with Crippen molar-refractivity contribution in [1.29, 1.82) is 0 Å². The highest BCUT2D eigenvalue weighted by Crippen LogP contribution is 2.24. The topological polar surface area (TPSA) is 26.3 Å². The van der Waals surface area contributed by atoms with Crippen molar-refractivity contribution in [1.82, 2.24) is 0 Å². The molecule has 0 heterocycles. The van der Waals surface area contributed by atoms with E-state index in [2.05, 4.69) is 29.8 Å². The molecule has 0 amide bonds. The molecule has 1 rings (SSSR count). The minimum atomic E-state index is 0.0420. The number of benzene rings is 1. The lowest BCUT2D eigenvalue weighted by Gasteiger charge is -2.22. The van der Waals surface area contributed by atoms with Crippen molar-refractivity contribution in [3.05, 3.63) is 29.3 Å². The van der Waals surface area contributed by atoms with Crippen LogP contribution >= 0.6 is 15.9 Å². The maximum absolute atomic E-state index is 11.5. The van der Waals surface area contributed by atoms with Gasteiger partial charge in [0.25, 0.3) is 0 Å². The maximum Gasteiger partial charge on any atom is 0.163 e. The average Bonchev–Trinajstić information content (AvgIpc) is 2.27. The quantitative estimate of drug-likeness (QED) is 0.607.